The van der Waals surface area contributed by atoms with E-state index < -0.39 is 11.5 Å². The molecule has 0 rings (SSSR count). The van der Waals surface area contributed by atoms with Crippen LogP contribution in [-0.4, -0.2) is 38.6 Å². The Hall–Kier alpha value is -0.740. The van der Waals surface area contributed by atoms with Crippen molar-refractivity contribution in [2.45, 2.75) is 6.29 Å². The van der Waals surface area contributed by atoms with Crippen molar-refractivity contribution in [1.29, 1.82) is 0 Å². The van der Waals surface area contributed by atoms with Gasteiger partial charge in [-0.2, -0.15) is 0 Å². The van der Waals surface area contributed by atoms with Crippen molar-refractivity contribution in [3.63, 3.8) is 0 Å². The second kappa shape index (κ2) is 11.3. The van der Waals surface area contributed by atoms with Gasteiger partial charge in [0.25, 0.3) is 10.3 Å². The molecule has 0 fully saturated rings. The average molecular weight is 231 g/mol. The topological polar surface area (TPSA) is 157 Å². The van der Waals surface area contributed by atoms with Crippen molar-refractivity contribution in [3.8, 4) is 0 Å². The molecule has 0 saturated carbocycles. The van der Waals surface area contributed by atoms with E-state index in [4.69, 9.17) is 21.1 Å². The summed E-state index contributed by atoms with van der Waals surface area (Å²) in [6.45, 7) is -0.269. The van der Waals surface area contributed by atoms with Gasteiger partial charge in [0.1, 0.15) is 6.61 Å². The fourth-order valence-corrected chi connectivity index (χ4v) is 0.225. The van der Waals surface area contributed by atoms with Gasteiger partial charge in [0, 0.05) is 0 Å². The van der Waals surface area contributed by atoms with Gasteiger partial charge in [0.15, 0.2) is 6.29 Å². The van der Waals surface area contributed by atoms with Gasteiger partial charge >= 0.3 is 0 Å². The lowest BCUT2D eigenvalue weighted by Crippen LogP contribution is -2.21. The molecule has 0 aliphatic rings. The van der Waals surface area contributed by atoms with Crippen LogP contribution in [-0.2, 0) is 4.74 Å². The van der Waals surface area contributed by atoms with Crippen LogP contribution in [0.2, 0.25) is 0 Å². The lowest BCUT2D eigenvalue weighted by atomic mass is 10.7. The molecule has 0 atom stereocenters. The number of ether oxygens (including phenoxy) is 1. The minimum Gasteiger partial charge on any atom is -0.487 e. The smallest absolute Gasteiger partial charge is 0.254 e. The molecule has 9 heteroatoms. The first-order valence-corrected chi connectivity index (χ1v) is 3.44. The van der Waals surface area contributed by atoms with Crippen molar-refractivity contribution >= 4 is 34.8 Å². The molecule has 0 aliphatic carbocycles. The predicted octanol–water partition coefficient (Wildman–Crippen LogP) is -1.49. The molecule has 0 heterocycles. The van der Waals surface area contributed by atoms with Crippen LogP contribution in [0.3, 0.4) is 0 Å². The summed E-state index contributed by atoms with van der Waals surface area (Å²) in [5.41, 5.74) is 9.23. The fourth-order valence-electron chi connectivity index (χ4n) is 0.157. The summed E-state index contributed by atoms with van der Waals surface area (Å²) in [6, 6.07) is 0. The third-order valence-electron chi connectivity index (χ3n) is 0.375. The van der Waals surface area contributed by atoms with E-state index in [1.807, 2.05) is 0 Å². The van der Waals surface area contributed by atoms with E-state index in [0.29, 0.717) is 0 Å². The van der Waals surface area contributed by atoms with E-state index in [1.54, 1.807) is 0 Å². The fraction of sp³-hybridized carbons (Fsp3) is 0.500. The lowest BCUT2D eigenvalue weighted by molar-refractivity contribution is -0.0706. The van der Waals surface area contributed by atoms with Crippen LogP contribution < -0.4 is 17.6 Å². The van der Waals surface area contributed by atoms with Crippen molar-refractivity contribution in [3.05, 3.63) is 0 Å². The summed E-state index contributed by atoms with van der Waals surface area (Å²) in [4.78, 5) is 0. The van der Waals surface area contributed by atoms with Crippen molar-refractivity contribution < 1.29 is 20.1 Å². The normalized spacial score (nSPS) is 7.62. The highest BCUT2D eigenvalue weighted by molar-refractivity contribution is 7.80. The number of hydrogen-bond acceptors (Lipinski definition) is 6. The minimum absolute atomic E-state index is 0. The number of aliphatic hydroxyl groups excluding tert-OH is 2. The first kappa shape index (κ1) is 18.1. The molecule has 13 heavy (non-hydrogen) atoms. The summed E-state index contributed by atoms with van der Waals surface area (Å²) in [7, 11) is 0. The van der Waals surface area contributed by atoms with Crippen LogP contribution in [0, 0.1) is 0 Å². The van der Waals surface area contributed by atoms with E-state index in [-0.39, 0.29) is 17.9 Å². The number of thiocarbonyl (C=S) groups is 2. The second-order valence-corrected chi connectivity index (χ2v) is 2.27. The molecular formula is C4H13N3O4S2. The molecule has 0 aromatic heterocycles. The Balaban J connectivity index is -0.000000173. The highest BCUT2D eigenvalue weighted by atomic mass is 32.1. The Kier molecular flexibility index (Phi) is 15.7. The summed E-state index contributed by atoms with van der Waals surface area (Å²) in [5.74, 6) is 0. The maximum absolute atomic E-state index is 8.12. The molecule has 0 amide bonds. The Bertz CT molecular complexity index is 150. The Morgan fingerprint density at radius 2 is 1.62 bits per heavy atom. The monoisotopic (exact) mass is 231 g/mol. The zero-order valence-electron chi connectivity index (χ0n) is 6.71. The molecule has 0 saturated heterocycles. The van der Waals surface area contributed by atoms with Crippen LogP contribution in [0.15, 0.2) is 0 Å². The van der Waals surface area contributed by atoms with Crippen LogP contribution in [0.5, 0.6) is 0 Å². The average Bonchev–Trinajstić information content (AvgIpc) is 1.82. The van der Waals surface area contributed by atoms with Gasteiger partial charge in [-0.05, 0) is 24.4 Å². The SMILES string of the molecule is N.NC(=S)OCC(O)O.NC(O)=S. The molecule has 80 valence electrons. The zero-order chi connectivity index (χ0) is 10.1. The van der Waals surface area contributed by atoms with Gasteiger partial charge in [0.2, 0.25) is 0 Å². The van der Waals surface area contributed by atoms with E-state index in [1.165, 1.54) is 0 Å². The zero-order valence-corrected chi connectivity index (χ0v) is 8.35. The van der Waals surface area contributed by atoms with Crippen LogP contribution in [0.25, 0.3) is 0 Å². The van der Waals surface area contributed by atoms with Gasteiger partial charge in [-0.3, -0.25) is 0 Å². The first-order chi connectivity index (χ1) is 5.36. The summed E-state index contributed by atoms with van der Waals surface area (Å²) < 4.78 is 4.31. The number of rotatable bonds is 2. The molecule has 0 aliphatic heterocycles. The lowest BCUT2D eigenvalue weighted by Gasteiger charge is -2.02. The molecule has 10 N–H and O–H groups in total. The maximum Gasteiger partial charge on any atom is 0.254 e. The first-order valence-electron chi connectivity index (χ1n) is 2.63. The van der Waals surface area contributed by atoms with Crippen molar-refractivity contribution in [1.82, 2.24) is 6.15 Å². The van der Waals surface area contributed by atoms with Gasteiger partial charge in [-0.25, -0.2) is 0 Å². The van der Waals surface area contributed by atoms with Gasteiger partial charge in [-0.15, -0.1) is 0 Å². The van der Waals surface area contributed by atoms with Gasteiger partial charge < -0.3 is 37.7 Å². The van der Waals surface area contributed by atoms with E-state index in [9.17, 15) is 0 Å². The largest absolute Gasteiger partial charge is 0.487 e. The minimum atomic E-state index is -1.50. The van der Waals surface area contributed by atoms with E-state index in [2.05, 4.69) is 34.9 Å². The van der Waals surface area contributed by atoms with E-state index in [0.717, 1.165) is 0 Å². The van der Waals surface area contributed by atoms with Crippen LogP contribution in [0.1, 0.15) is 0 Å². The quantitative estimate of drug-likeness (QED) is 0.246. The Labute approximate surface area is 85.9 Å². The van der Waals surface area contributed by atoms with Crippen LogP contribution in [0.4, 0.5) is 0 Å². The molecule has 0 unspecified atom stereocenters. The molecule has 0 bridgehead atoms. The third-order valence-corrected chi connectivity index (χ3v) is 0.493. The molecule has 0 spiro atoms. The molecule has 0 radical (unpaired) electrons. The van der Waals surface area contributed by atoms with Crippen LogP contribution >= 0.6 is 24.4 Å². The summed E-state index contributed by atoms with van der Waals surface area (Å²) in [6.07, 6.45) is -1.50. The van der Waals surface area contributed by atoms with Crippen molar-refractivity contribution in [2.75, 3.05) is 6.61 Å². The second-order valence-electron chi connectivity index (χ2n) is 1.45. The molecule has 0 aromatic carbocycles. The Morgan fingerprint density at radius 1 is 1.31 bits per heavy atom. The van der Waals surface area contributed by atoms with Gasteiger partial charge in [0.05, 0.1) is 0 Å². The van der Waals surface area contributed by atoms with E-state index >= 15 is 0 Å². The predicted molar refractivity (Wildman–Crippen MR) is 55.4 cm³/mol. The molecule has 0 aromatic rings. The number of nitrogens with two attached hydrogens (primary N) is 2. The number of aliphatic hydroxyl groups is 3. The van der Waals surface area contributed by atoms with Gasteiger partial charge in [-0.1, -0.05) is 0 Å². The Morgan fingerprint density at radius 3 is 1.69 bits per heavy atom. The highest BCUT2D eigenvalue weighted by Crippen LogP contribution is 1.77. The maximum atomic E-state index is 8.12. The van der Waals surface area contributed by atoms with Crippen molar-refractivity contribution in [2.24, 2.45) is 11.5 Å². The summed E-state index contributed by atoms with van der Waals surface area (Å²) in [5, 5.41) is 23.1. The summed E-state index contributed by atoms with van der Waals surface area (Å²) >= 11 is 8.12. The highest BCUT2D eigenvalue weighted by Gasteiger charge is 1.95. The third kappa shape index (κ3) is 53.2. The number of hydrogen-bond donors (Lipinski definition) is 6. The standard InChI is InChI=1S/C3H7NO3S.CH3NOS.H3N/c4-3(8)7-1-2(5)6;2-1(3)4;/h2,5-6H,1H2,(H2,4,8);(H3,2,3,4);1H3. The molecular weight excluding hydrogens is 218 g/mol. The molecule has 7 nitrogen and oxygen atoms in total.